The molecule has 5 nitrogen and oxygen atoms in total. The van der Waals surface area contributed by atoms with E-state index in [-0.39, 0.29) is 11.8 Å². The molecule has 1 aliphatic heterocycles. The van der Waals surface area contributed by atoms with Crippen LogP contribution in [0, 0.1) is 0 Å². The van der Waals surface area contributed by atoms with E-state index in [9.17, 15) is 9.59 Å². The maximum Gasteiger partial charge on any atom is 0.264 e. The molecule has 1 N–H and O–H groups in total. The number of carbonyl (C=O) groups is 2. The third kappa shape index (κ3) is 3.80. The SMILES string of the molecule is COc1c(Cl)cccc1NC(=O)C1CCCCN1C(=O)c1cccs1. The molecule has 1 aromatic carbocycles. The number of likely N-dealkylation sites (tertiary alicyclic amines) is 1. The molecule has 0 spiro atoms. The molecule has 3 rings (SSSR count). The van der Waals surface area contributed by atoms with E-state index in [0.717, 1.165) is 12.8 Å². The normalized spacial score (nSPS) is 17.2. The number of thiophene rings is 1. The van der Waals surface area contributed by atoms with Crippen LogP contribution in [0.3, 0.4) is 0 Å². The predicted octanol–water partition coefficient (Wildman–Crippen LogP) is 4.04. The van der Waals surface area contributed by atoms with E-state index in [4.69, 9.17) is 16.3 Å². The summed E-state index contributed by atoms with van der Waals surface area (Å²) in [5.74, 6) is 0.113. The highest BCUT2D eigenvalue weighted by Crippen LogP contribution is 2.33. The van der Waals surface area contributed by atoms with E-state index >= 15 is 0 Å². The van der Waals surface area contributed by atoms with E-state index in [1.807, 2.05) is 11.4 Å². The molecular formula is C18H19ClN2O3S. The lowest BCUT2D eigenvalue weighted by Crippen LogP contribution is -2.49. The zero-order chi connectivity index (χ0) is 17.8. The minimum Gasteiger partial charge on any atom is -0.493 e. The first-order chi connectivity index (χ1) is 12.1. The maximum atomic E-state index is 12.8. The highest BCUT2D eigenvalue weighted by molar-refractivity contribution is 7.12. The van der Waals surface area contributed by atoms with Crippen LogP contribution in [0.15, 0.2) is 35.7 Å². The molecule has 2 aromatic rings. The minimum absolute atomic E-state index is 0.0899. The maximum absolute atomic E-state index is 12.8. The van der Waals surface area contributed by atoms with Gasteiger partial charge in [-0.2, -0.15) is 0 Å². The van der Waals surface area contributed by atoms with Crippen molar-refractivity contribution in [2.24, 2.45) is 0 Å². The summed E-state index contributed by atoms with van der Waals surface area (Å²) in [5, 5.41) is 5.15. The summed E-state index contributed by atoms with van der Waals surface area (Å²) in [6.45, 7) is 0.585. The van der Waals surface area contributed by atoms with Gasteiger partial charge in [0.25, 0.3) is 5.91 Å². The van der Waals surface area contributed by atoms with E-state index in [2.05, 4.69) is 5.32 Å². The van der Waals surface area contributed by atoms with Gasteiger partial charge in [-0.3, -0.25) is 9.59 Å². The van der Waals surface area contributed by atoms with Gasteiger partial charge in [-0.1, -0.05) is 23.7 Å². The Hall–Kier alpha value is -2.05. The van der Waals surface area contributed by atoms with Gasteiger partial charge in [0.05, 0.1) is 22.7 Å². The van der Waals surface area contributed by atoms with Crippen molar-refractivity contribution in [1.82, 2.24) is 4.90 Å². The third-order valence-electron chi connectivity index (χ3n) is 4.23. The largest absolute Gasteiger partial charge is 0.493 e. The Bertz CT molecular complexity index is 764. The van der Waals surface area contributed by atoms with Crippen molar-refractivity contribution in [3.8, 4) is 5.75 Å². The fraction of sp³-hybridized carbons (Fsp3) is 0.333. The quantitative estimate of drug-likeness (QED) is 0.873. The predicted molar refractivity (Wildman–Crippen MR) is 99.6 cm³/mol. The summed E-state index contributed by atoms with van der Waals surface area (Å²) >= 11 is 7.50. The van der Waals surface area contributed by atoms with Crippen molar-refractivity contribution in [3.05, 3.63) is 45.6 Å². The molecule has 0 aliphatic carbocycles. The lowest BCUT2D eigenvalue weighted by atomic mass is 10.0. The lowest BCUT2D eigenvalue weighted by Gasteiger charge is -2.34. The number of amides is 2. The standard InChI is InChI=1S/C18H19ClN2O3S/c1-24-16-12(19)6-4-7-13(16)20-17(22)14-8-2-3-10-21(14)18(23)15-9-5-11-25-15/h4-7,9,11,14H,2-3,8,10H2,1H3,(H,20,22). The fourth-order valence-corrected chi connectivity index (χ4v) is 3.95. The van der Waals surface area contributed by atoms with Gasteiger partial charge in [0, 0.05) is 6.54 Å². The molecule has 1 aliphatic rings. The number of piperidine rings is 1. The molecule has 132 valence electrons. The molecule has 1 saturated heterocycles. The summed E-state index contributed by atoms with van der Waals surface area (Å²) in [4.78, 5) is 27.9. The molecule has 1 fully saturated rings. The van der Waals surface area contributed by atoms with Crippen LogP contribution in [-0.2, 0) is 4.79 Å². The van der Waals surface area contributed by atoms with Crippen LogP contribution in [-0.4, -0.2) is 36.4 Å². The van der Waals surface area contributed by atoms with Crippen molar-refractivity contribution in [1.29, 1.82) is 0 Å². The van der Waals surface area contributed by atoms with Crippen LogP contribution in [0.25, 0.3) is 0 Å². The molecule has 0 saturated carbocycles. The summed E-state index contributed by atoms with van der Waals surface area (Å²) in [6.07, 6.45) is 2.46. The average molecular weight is 379 g/mol. The monoisotopic (exact) mass is 378 g/mol. The van der Waals surface area contributed by atoms with Gasteiger partial charge in [0.2, 0.25) is 5.91 Å². The van der Waals surface area contributed by atoms with Crippen molar-refractivity contribution in [2.75, 3.05) is 19.0 Å². The average Bonchev–Trinajstić information content (AvgIpc) is 3.16. The van der Waals surface area contributed by atoms with Gasteiger partial charge in [0.15, 0.2) is 5.75 Å². The number of nitrogens with one attached hydrogen (secondary N) is 1. The highest BCUT2D eigenvalue weighted by atomic mass is 35.5. The number of ether oxygens (including phenoxy) is 1. The van der Waals surface area contributed by atoms with Crippen LogP contribution in [0.4, 0.5) is 5.69 Å². The van der Waals surface area contributed by atoms with Gasteiger partial charge < -0.3 is 15.0 Å². The molecule has 2 amide bonds. The van der Waals surface area contributed by atoms with Crippen LogP contribution in [0.2, 0.25) is 5.02 Å². The second kappa shape index (κ2) is 7.89. The third-order valence-corrected chi connectivity index (χ3v) is 5.38. The molecule has 1 unspecified atom stereocenters. The highest BCUT2D eigenvalue weighted by Gasteiger charge is 2.33. The van der Waals surface area contributed by atoms with Crippen LogP contribution < -0.4 is 10.1 Å². The zero-order valence-electron chi connectivity index (χ0n) is 13.8. The van der Waals surface area contributed by atoms with Gasteiger partial charge in [0.1, 0.15) is 6.04 Å². The van der Waals surface area contributed by atoms with Gasteiger partial charge in [-0.25, -0.2) is 0 Å². The topological polar surface area (TPSA) is 58.6 Å². The Morgan fingerprint density at radius 3 is 2.84 bits per heavy atom. The minimum atomic E-state index is -0.493. The number of para-hydroxylation sites is 1. The first-order valence-electron chi connectivity index (χ1n) is 8.09. The van der Waals surface area contributed by atoms with Crippen molar-refractivity contribution < 1.29 is 14.3 Å². The number of hydrogen-bond acceptors (Lipinski definition) is 4. The molecule has 0 radical (unpaired) electrons. The van der Waals surface area contributed by atoms with Crippen molar-refractivity contribution >= 4 is 40.4 Å². The van der Waals surface area contributed by atoms with Gasteiger partial charge >= 0.3 is 0 Å². The Morgan fingerprint density at radius 2 is 2.12 bits per heavy atom. The van der Waals surface area contributed by atoms with Crippen LogP contribution in [0.1, 0.15) is 28.9 Å². The van der Waals surface area contributed by atoms with Crippen molar-refractivity contribution in [3.63, 3.8) is 0 Å². The Balaban J connectivity index is 1.80. The molecule has 2 heterocycles. The van der Waals surface area contributed by atoms with E-state index < -0.39 is 6.04 Å². The molecule has 1 atom stereocenters. The van der Waals surface area contributed by atoms with E-state index in [0.29, 0.717) is 34.3 Å². The second-order valence-corrected chi connectivity index (χ2v) is 7.15. The second-order valence-electron chi connectivity index (χ2n) is 5.80. The number of rotatable bonds is 4. The molecule has 25 heavy (non-hydrogen) atoms. The molecule has 7 heteroatoms. The zero-order valence-corrected chi connectivity index (χ0v) is 15.4. The summed E-state index contributed by atoms with van der Waals surface area (Å²) in [7, 11) is 1.50. The fourth-order valence-electron chi connectivity index (χ4n) is 3.02. The van der Waals surface area contributed by atoms with Gasteiger partial charge in [-0.05, 0) is 42.8 Å². The smallest absolute Gasteiger partial charge is 0.264 e. The first kappa shape index (κ1) is 17.8. The number of halogens is 1. The van der Waals surface area contributed by atoms with Crippen LogP contribution in [0.5, 0.6) is 5.75 Å². The Labute approximate surface area is 155 Å². The number of methoxy groups -OCH3 is 1. The first-order valence-corrected chi connectivity index (χ1v) is 9.35. The van der Waals surface area contributed by atoms with E-state index in [1.165, 1.54) is 18.4 Å². The van der Waals surface area contributed by atoms with Gasteiger partial charge in [-0.15, -0.1) is 11.3 Å². The molecule has 1 aromatic heterocycles. The number of nitrogens with zero attached hydrogens (tertiary/aromatic N) is 1. The lowest BCUT2D eigenvalue weighted by molar-refractivity contribution is -0.121. The summed E-state index contributed by atoms with van der Waals surface area (Å²) < 4.78 is 5.27. The van der Waals surface area contributed by atoms with E-state index in [1.54, 1.807) is 29.2 Å². The number of benzene rings is 1. The summed E-state index contributed by atoms with van der Waals surface area (Å²) in [5.41, 5.74) is 0.508. The summed E-state index contributed by atoms with van der Waals surface area (Å²) in [6, 6.07) is 8.31. The molecule has 0 bridgehead atoms. The molecular weight excluding hydrogens is 360 g/mol. The number of carbonyl (C=O) groups excluding carboxylic acids is 2. The van der Waals surface area contributed by atoms with Crippen molar-refractivity contribution in [2.45, 2.75) is 25.3 Å². The Morgan fingerprint density at radius 1 is 1.28 bits per heavy atom. The Kier molecular flexibility index (Phi) is 5.60. The number of hydrogen-bond donors (Lipinski definition) is 1. The van der Waals surface area contributed by atoms with Crippen LogP contribution >= 0.6 is 22.9 Å². The number of anilines is 1.